The van der Waals surface area contributed by atoms with Crippen LogP contribution in [0.5, 0.6) is 0 Å². The van der Waals surface area contributed by atoms with Crippen LogP contribution in [-0.2, 0) is 12.8 Å². The molecule has 1 heteroatoms. The normalized spacial score (nSPS) is 12.9. The van der Waals surface area contributed by atoms with Gasteiger partial charge in [0.05, 0.1) is 5.38 Å². The van der Waals surface area contributed by atoms with Crippen molar-refractivity contribution in [1.29, 1.82) is 0 Å². The predicted octanol–water partition coefficient (Wildman–Crippen LogP) is 6.31. The minimum Gasteiger partial charge on any atom is -0.118 e. The zero-order chi connectivity index (χ0) is 14.3. The quantitative estimate of drug-likeness (QED) is 0.490. The van der Waals surface area contributed by atoms with Gasteiger partial charge in [0.2, 0.25) is 0 Å². The summed E-state index contributed by atoms with van der Waals surface area (Å²) in [4.78, 5) is 0. The minimum absolute atomic E-state index is 0.177. The van der Waals surface area contributed by atoms with Crippen molar-refractivity contribution in [3.05, 3.63) is 34.9 Å². The van der Waals surface area contributed by atoms with Crippen molar-refractivity contribution < 1.29 is 0 Å². The van der Waals surface area contributed by atoms with E-state index in [0.717, 1.165) is 12.8 Å². The molecule has 0 saturated heterocycles. The van der Waals surface area contributed by atoms with Crippen molar-refractivity contribution in [2.75, 3.05) is 0 Å². The molecule has 0 aliphatic rings. The number of benzene rings is 1. The van der Waals surface area contributed by atoms with Gasteiger partial charge in [0.1, 0.15) is 0 Å². The van der Waals surface area contributed by atoms with Gasteiger partial charge in [-0.25, -0.2) is 0 Å². The van der Waals surface area contributed by atoms with Gasteiger partial charge in [0.15, 0.2) is 0 Å². The largest absolute Gasteiger partial charge is 0.118 e. The average Bonchev–Trinajstić information content (AvgIpc) is 2.45. The zero-order valence-electron chi connectivity index (χ0n) is 13.0. The fraction of sp³-hybridized carbons (Fsp3) is 0.667. The predicted molar refractivity (Wildman–Crippen MR) is 87.1 cm³/mol. The number of hydrogen-bond donors (Lipinski definition) is 0. The van der Waals surface area contributed by atoms with E-state index < -0.39 is 0 Å². The molecule has 0 heterocycles. The fourth-order valence-electron chi connectivity index (χ4n) is 2.94. The summed E-state index contributed by atoms with van der Waals surface area (Å²) < 4.78 is 0. The lowest BCUT2D eigenvalue weighted by atomic mass is 9.88. The van der Waals surface area contributed by atoms with Crippen LogP contribution >= 0.6 is 11.6 Å². The minimum atomic E-state index is 0.177. The molecule has 0 aromatic heterocycles. The summed E-state index contributed by atoms with van der Waals surface area (Å²) in [7, 11) is 0. The van der Waals surface area contributed by atoms with E-state index in [9.17, 15) is 0 Å². The standard InChI is InChI=1S/C18H29Cl/c1-5-9-16(10-6-2)18(19)17-12-11-14(7-3)15(8-4)13-17/h11-13,16,18H,5-10H2,1-4H3. The molecule has 0 amide bonds. The van der Waals surface area contributed by atoms with Crippen LogP contribution in [0, 0.1) is 5.92 Å². The second-order valence-electron chi connectivity index (χ2n) is 5.47. The highest BCUT2D eigenvalue weighted by atomic mass is 35.5. The van der Waals surface area contributed by atoms with E-state index >= 15 is 0 Å². The van der Waals surface area contributed by atoms with Gasteiger partial charge in [0, 0.05) is 0 Å². The Labute approximate surface area is 124 Å². The molecule has 0 aliphatic carbocycles. The first-order valence-electron chi connectivity index (χ1n) is 7.93. The Morgan fingerprint density at radius 1 is 0.895 bits per heavy atom. The van der Waals surface area contributed by atoms with Crippen LogP contribution in [0.1, 0.15) is 75.4 Å². The second kappa shape index (κ2) is 8.64. The SMILES string of the molecule is CCCC(CCC)C(Cl)c1ccc(CC)c(CC)c1. The van der Waals surface area contributed by atoms with E-state index in [1.54, 1.807) is 0 Å². The maximum absolute atomic E-state index is 6.75. The molecule has 0 spiro atoms. The molecule has 0 fully saturated rings. The summed E-state index contributed by atoms with van der Waals surface area (Å²) >= 11 is 6.75. The van der Waals surface area contributed by atoms with E-state index in [1.807, 2.05) is 0 Å². The summed E-state index contributed by atoms with van der Waals surface area (Å²) in [6, 6.07) is 6.86. The molecule has 0 radical (unpaired) electrons. The lowest BCUT2D eigenvalue weighted by molar-refractivity contribution is 0.426. The smallest absolute Gasteiger partial charge is 0.0613 e. The maximum atomic E-state index is 6.75. The number of rotatable bonds is 8. The first kappa shape index (κ1) is 16.6. The third-order valence-corrected chi connectivity index (χ3v) is 4.65. The number of hydrogen-bond acceptors (Lipinski definition) is 0. The van der Waals surface area contributed by atoms with Crippen molar-refractivity contribution in [1.82, 2.24) is 0 Å². The molecular formula is C18H29Cl. The van der Waals surface area contributed by atoms with E-state index in [2.05, 4.69) is 45.9 Å². The van der Waals surface area contributed by atoms with Crippen LogP contribution in [0.2, 0.25) is 0 Å². The number of alkyl halides is 1. The Morgan fingerprint density at radius 2 is 1.47 bits per heavy atom. The molecule has 0 nitrogen and oxygen atoms in total. The molecule has 1 atom stereocenters. The van der Waals surface area contributed by atoms with Gasteiger partial charge in [-0.2, -0.15) is 0 Å². The highest BCUT2D eigenvalue weighted by Crippen LogP contribution is 2.36. The van der Waals surface area contributed by atoms with Crippen LogP contribution in [0.3, 0.4) is 0 Å². The Balaban J connectivity index is 2.93. The van der Waals surface area contributed by atoms with Crippen LogP contribution < -0.4 is 0 Å². The molecular weight excluding hydrogens is 252 g/mol. The highest BCUT2D eigenvalue weighted by molar-refractivity contribution is 6.21. The summed E-state index contributed by atoms with van der Waals surface area (Å²) in [5.41, 5.74) is 4.26. The van der Waals surface area contributed by atoms with Gasteiger partial charge in [-0.1, -0.05) is 58.7 Å². The molecule has 108 valence electrons. The molecule has 0 bridgehead atoms. The third-order valence-electron chi connectivity index (χ3n) is 4.04. The lowest BCUT2D eigenvalue weighted by Crippen LogP contribution is -2.09. The van der Waals surface area contributed by atoms with Crippen molar-refractivity contribution in [3.8, 4) is 0 Å². The van der Waals surface area contributed by atoms with Crippen LogP contribution in [0.25, 0.3) is 0 Å². The van der Waals surface area contributed by atoms with Gasteiger partial charge >= 0.3 is 0 Å². The maximum Gasteiger partial charge on any atom is 0.0613 e. The molecule has 19 heavy (non-hydrogen) atoms. The van der Waals surface area contributed by atoms with Crippen LogP contribution in [0.4, 0.5) is 0 Å². The lowest BCUT2D eigenvalue weighted by Gasteiger charge is -2.23. The van der Waals surface area contributed by atoms with Gasteiger partial charge in [-0.3, -0.25) is 0 Å². The summed E-state index contributed by atoms with van der Waals surface area (Å²) in [6.45, 7) is 8.97. The van der Waals surface area contributed by atoms with Gasteiger partial charge in [0.25, 0.3) is 0 Å². The Hall–Kier alpha value is -0.490. The topological polar surface area (TPSA) is 0 Å². The Bertz CT molecular complexity index is 364. The number of halogens is 1. The molecule has 0 saturated carbocycles. The van der Waals surface area contributed by atoms with Gasteiger partial charge in [-0.15, -0.1) is 11.6 Å². The monoisotopic (exact) mass is 280 g/mol. The summed E-state index contributed by atoms with van der Waals surface area (Å²) in [6.07, 6.45) is 7.14. The highest BCUT2D eigenvalue weighted by Gasteiger charge is 2.20. The summed E-state index contributed by atoms with van der Waals surface area (Å²) in [5, 5.41) is 0.177. The van der Waals surface area contributed by atoms with E-state index in [4.69, 9.17) is 11.6 Å². The van der Waals surface area contributed by atoms with Crippen molar-refractivity contribution in [2.24, 2.45) is 5.92 Å². The molecule has 1 aromatic rings. The van der Waals surface area contributed by atoms with Gasteiger partial charge < -0.3 is 0 Å². The summed E-state index contributed by atoms with van der Waals surface area (Å²) in [5.74, 6) is 0.619. The zero-order valence-corrected chi connectivity index (χ0v) is 13.8. The van der Waals surface area contributed by atoms with Crippen LogP contribution in [-0.4, -0.2) is 0 Å². The molecule has 1 unspecified atom stereocenters. The van der Waals surface area contributed by atoms with E-state index in [0.29, 0.717) is 5.92 Å². The fourth-order valence-corrected chi connectivity index (χ4v) is 3.33. The van der Waals surface area contributed by atoms with Crippen molar-refractivity contribution in [2.45, 2.75) is 71.6 Å². The first-order chi connectivity index (χ1) is 9.17. The molecule has 0 aliphatic heterocycles. The third kappa shape index (κ3) is 4.53. The van der Waals surface area contributed by atoms with Crippen LogP contribution in [0.15, 0.2) is 18.2 Å². The molecule has 1 aromatic carbocycles. The molecule has 1 rings (SSSR count). The van der Waals surface area contributed by atoms with Gasteiger partial charge in [-0.05, 0) is 48.3 Å². The first-order valence-corrected chi connectivity index (χ1v) is 8.37. The van der Waals surface area contributed by atoms with Crippen molar-refractivity contribution in [3.63, 3.8) is 0 Å². The van der Waals surface area contributed by atoms with E-state index in [1.165, 1.54) is 42.4 Å². The second-order valence-corrected chi connectivity index (χ2v) is 5.94. The van der Waals surface area contributed by atoms with E-state index in [-0.39, 0.29) is 5.38 Å². The number of aryl methyl sites for hydroxylation is 2. The molecule has 0 N–H and O–H groups in total. The average molecular weight is 281 g/mol. The Kier molecular flexibility index (Phi) is 7.53. The van der Waals surface area contributed by atoms with Crippen molar-refractivity contribution >= 4 is 11.6 Å². The Morgan fingerprint density at radius 3 is 1.95 bits per heavy atom.